The van der Waals surface area contributed by atoms with Crippen LogP contribution in [0.3, 0.4) is 0 Å². The molecule has 3 N–H and O–H groups in total. The summed E-state index contributed by atoms with van der Waals surface area (Å²) in [5.41, 5.74) is 8.31. The second-order valence-electron chi connectivity index (χ2n) is 6.18. The molecule has 2 aliphatic rings. The molecule has 5 heteroatoms. The van der Waals surface area contributed by atoms with Crippen LogP contribution in [0.5, 0.6) is 0 Å². The molecular weight excluding hydrogens is 262 g/mol. The molecule has 1 saturated carbocycles. The lowest BCUT2D eigenvalue weighted by Gasteiger charge is -2.19. The molecule has 0 unspecified atom stereocenters. The lowest BCUT2D eigenvalue weighted by atomic mass is 10.1. The van der Waals surface area contributed by atoms with Gasteiger partial charge in [-0.25, -0.2) is 4.98 Å². The Morgan fingerprint density at radius 1 is 1.24 bits per heavy atom. The third kappa shape index (κ3) is 2.31. The molecule has 1 aromatic heterocycles. The predicted octanol–water partition coefficient (Wildman–Crippen LogP) is 1.89. The molecule has 2 heterocycles. The van der Waals surface area contributed by atoms with Crippen LogP contribution in [0.15, 0.2) is 18.2 Å². The fourth-order valence-corrected chi connectivity index (χ4v) is 3.25. The Kier molecular flexibility index (Phi) is 2.96. The summed E-state index contributed by atoms with van der Waals surface area (Å²) in [6.07, 6.45) is 3.74. The van der Waals surface area contributed by atoms with Gasteiger partial charge >= 0.3 is 0 Å². The third-order valence-electron chi connectivity index (χ3n) is 4.66. The van der Waals surface area contributed by atoms with Gasteiger partial charge in [-0.2, -0.15) is 4.98 Å². The highest BCUT2D eigenvalue weighted by molar-refractivity contribution is 5.91. The number of nitrogen functional groups attached to an aromatic ring is 1. The number of hydrogen-bond donors (Lipinski definition) is 2. The maximum Gasteiger partial charge on any atom is 0.222 e. The van der Waals surface area contributed by atoms with Crippen molar-refractivity contribution in [3.63, 3.8) is 0 Å². The van der Waals surface area contributed by atoms with Gasteiger partial charge in [0.1, 0.15) is 5.82 Å². The first kappa shape index (κ1) is 12.8. The molecule has 0 radical (unpaired) electrons. The number of nitrogens with zero attached hydrogens (tertiary/aromatic N) is 3. The minimum atomic E-state index is 0.373. The first-order chi connectivity index (χ1) is 10.2. The fourth-order valence-electron chi connectivity index (χ4n) is 3.25. The molecule has 0 spiro atoms. The van der Waals surface area contributed by atoms with Crippen molar-refractivity contribution in [2.24, 2.45) is 0 Å². The molecule has 2 fully saturated rings. The number of hydrogen-bond acceptors (Lipinski definition) is 5. The van der Waals surface area contributed by atoms with Gasteiger partial charge < -0.3 is 16.0 Å². The van der Waals surface area contributed by atoms with Crippen molar-refractivity contribution in [2.75, 3.05) is 30.8 Å². The van der Waals surface area contributed by atoms with Crippen LogP contribution in [0, 0.1) is 0 Å². The topological polar surface area (TPSA) is 67.1 Å². The number of rotatable bonds is 3. The van der Waals surface area contributed by atoms with Gasteiger partial charge in [-0.15, -0.1) is 0 Å². The maximum absolute atomic E-state index is 5.94. The normalized spacial score (nSPS) is 22.1. The van der Waals surface area contributed by atoms with Crippen LogP contribution < -0.4 is 16.0 Å². The Labute approximate surface area is 124 Å². The summed E-state index contributed by atoms with van der Waals surface area (Å²) in [4.78, 5) is 11.3. The monoisotopic (exact) mass is 283 g/mol. The quantitative estimate of drug-likeness (QED) is 0.900. The van der Waals surface area contributed by atoms with Gasteiger partial charge in [0.15, 0.2) is 0 Å². The van der Waals surface area contributed by atoms with Gasteiger partial charge in [0.25, 0.3) is 0 Å². The van der Waals surface area contributed by atoms with Gasteiger partial charge in [-0.3, -0.25) is 0 Å². The molecule has 1 aliphatic carbocycles. The highest BCUT2D eigenvalue weighted by Gasteiger charge is 2.26. The lowest BCUT2D eigenvalue weighted by Crippen LogP contribution is -2.30. The van der Waals surface area contributed by atoms with Crippen LogP contribution in [0.2, 0.25) is 0 Å². The standard InChI is InChI=1S/C16H21N5/c1-18-12-6-7-21(9-12)15-13-5-4-11(10-2-3-10)8-14(13)19-16(17)20-15/h4-5,8,10,12,18H,2-3,6-7,9H2,1H3,(H2,17,19,20)/t12-/m1/s1. The largest absolute Gasteiger partial charge is 0.368 e. The second kappa shape index (κ2) is 4.84. The number of nitrogens with one attached hydrogen (secondary N) is 1. The Hall–Kier alpha value is -1.88. The molecule has 21 heavy (non-hydrogen) atoms. The molecule has 1 aliphatic heterocycles. The highest BCUT2D eigenvalue weighted by Crippen LogP contribution is 2.41. The number of likely N-dealkylation sites (N-methyl/N-ethyl adjacent to an activating group) is 1. The summed E-state index contributed by atoms with van der Waals surface area (Å²) in [5, 5.41) is 4.46. The molecule has 1 atom stereocenters. The number of anilines is 2. The molecule has 2 aromatic rings. The summed E-state index contributed by atoms with van der Waals surface area (Å²) in [6, 6.07) is 7.13. The molecule has 0 amide bonds. The van der Waals surface area contributed by atoms with Crippen LogP contribution in [-0.2, 0) is 0 Å². The van der Waals surface area contributed by atoms with E-state index in [0.29, 0.717) is 12.0 Å². The maximum atomic E-state index is 5.94. The van der Waals surface area contributed by atoms with Crippen molar-refractivity contribution < 1.29 is 0 Å². The first-order valence-electron chi connectivity index (χ1n) is 7.74. The van der Waals surface area contributed by atoms with E-state index >= 15 is 0 Å². The molecule has 1 saturated heterocycles. The van der Waals surface area contributed by atoms with Crippen molar-refractivity contribution in [1.29, 1.82) is 0 Å². The van der Waals surface area contributed by atoms with Crippen LogP contribution >= 0.6 is 0 Å². The van der Waals surface area contributed by atoms with Crippen LogP contribution in [-0.4, -0.2) is 36.1 Å². The van der Waals surface area contributed by atoms with Gasteiger partial charge in [0, 0.05) is 24.5 Å². The van der Waals surface area contributed by atoms with E-state index in [0.717, 1.165) is 42.1 Å². The molecular formula is C16H21N5. The molecule has 0 bridgehead atoms. The summed E-state index contributed by atoms with van der Waals surface area (Å²) < 4.78 is 0. The van der Waals surface area contributed by atoms with Gasteiger partial charge in [0.2, 0.25) is 5.95 Å². The summed E-state index contributed by atoms with van der Waals surface area (Å²) in [7, 11) is 2.02. The first-order valence-corrected chi connectivity index (χ1v) is 7.74. The predicted molar refractivity (Wildman–Crippen MR) is 85.6 cm³/mol. The molecule has 5 nitrogen and oxygen atoms in total. The van der Waals surface area contributed by atoms with Crippen LogP contribution in [0.25, 0.3) is 10.9 Å². The van der Waals surface area contributed by atoms with Crippen molar-refractivity contribution in [3.05, 3.63) is 23.8 Å². The Bertz CT molecular complexity index is 680. The zero-order chi connectivity index (χ0) is 14.4. The SMILES string of the molecule is CN[C@@H]1CCN(c2nc(N)nc3cc(C4CC4)ccc23)C1. The van der Waals surface area contributed by atoms with Gasteiger partial charge in [0.05, 0.1) is 5.52 Å². The molecule has 110 valence electrons. The average molecular weight is 283 g/mol. The smallest absolute Gasteiger partial charge is 0.222 e. The van der Waals surface area contributed by atoms with Gasteiger partial charge in [-0.1, -0.05) is 6.07 Å². The van der Waals surface area contributed by atoms with Crippen molar-refractivity contribution >= 4 is 22.7 Å². The average Bonchev–Trinajstić information content (AvgIpc) is 3.23. The molecule has 1 aromatic carbocycles. The van der Waals surface area contributed by atoms with E-state index < -0.39 is 0 Å². The Morgan fingerprint density at radius 2 is 2.10 bits per heavy atom. The van der Waals surface area contributed by atoms with E-state index in [1.807, 2.05) is 7.05 Å². The zero-order valence-corrected chi connectivity index (χ0v) is 12.3. The summed E-state index contributed by atoms with van der Waals surface area (Å²) in [5.74, 6) is 2.09. The summed E-state index contributed by atoms with van der Waals surface area (Å²) in [6.45, 7) is 1.99. The Morgan fingerprint density at radius 3 is 2.81 bits per heavy atom. The number of nitrogens with two attached hydrogens (primary N) is 1. The number of aromatic nitrogens is 2. The van der Waals surface area contributed by atoms with Crippen LogP contribution in [0.4, 0.5) is 11.8 Å². The zero-order valence-electron chi connectivity index (χ0n) is 12.3. The third-order valence-corrected chi connectivity index (χ3v) is 4.66. The minimum absolute atomic E-state index is 0.373. The van der Waals surface area contributed by atoms with E-state index in [1.165, 1.54) is 18.4 Å². The fraction of sp³-hybridized carbons (Fsp3) is 0.500. The minimum Gasteiger partial charge on any atom is -0.368 e. The van der Waals surface area contributed by atoms with Crippen molar-refractivity contribution in [3.8, 4) is 0 Å². The van der Waals surface area contributed by atoms with Crippen molar-refractivity contribution in [2.45, 2.75) is 31.2 Å². The van der Waals surface area contributed by atoms with E-state index in [4.69, 9.17) is 5.73 Å². The Balaban J connectivity index is 1.77. The van der Waals surface area contributed by atoms with E-state index in [1.54, 1.807) is 0 Å². The summed E-state index contributed by atoms with van der Waals surface area (Å²) >= 11 is 0. The van der Waals surface area contributed by atoms with Crippen molar-refractivity contribution in [1.82, 2.24) is 15.3 Å². The second-order valence-corrected chi connectivity index (χ2v) is 6.18. The number of fused-ring (bicyclic) bond motifs is 1. The highest BCUT2D eigenvalue weighted by atomic mass is 15.2. The number of benzene rings is 1. The molecule has 4 rings (SSSR count). The van der Waals surface area contributed by atoms with Crippen LogP contribution in [0.1, 0.15) is 30.7 Å². The van der Waals surface area contributed by atoms with E-state index in [9.17, 15) is 0 Å². The van der Waals surface area contributed by atoms with E-state index in [2.05, 4.69) is 38.4 Å². The lowest BCUT2D eigenvalue weighted by molar-refractivity contribution is 0.616. The van der Waals surface area contributed by atoms with Gasteiger partial charge in [-0.05, 0) is 49.9 Å². The van der Waals surface area contributed by atoms with E-state index in [-0.39, 0.29) is 0 Å².